The Morgan fingerprint density at radius 2 is 1.73 bits per heavy atom. The molecule has 3 nitrogen and oxygen atoms in total. The summed E-state index contributed by atoms with van der Waals surface area (Å²) >= 11 is 0. The standard InChI is InChI=1S/C18H21NO2S/c1-14-6-4-5-7-16(14)12-18(20)19(2)13-15-8-10-17(11-9-15)22(3)21/h4-11H,12-13H2,1-3H3. The molecule has 116 valence electrons. The minimum absolute atomic E-state index is 0.0949. The van der Waals surface area contributed by atoms with Crippen LogP contribution >= 0.6 is 0 Å². The summed E-state index contributed by atoms with van der Waals surface area (Å²) in [6.07, 6.45) is 2.08. The number of hydrogen-bond acceptors (Lipinski definition) is 2. The smallest absolute Gasteiger partial charge is 0.227 e. The third kappa shape index (κ3) is 4.28. The molecule has 0 saturated carbocycles. The van der Waals surface area contributed by atoms with Crippen molar-refractivity contribution in [3.63, 3.8) is 0 Å². The van der Waals surface area contributed by atoms with Crippen molar-refractivity contribution in [1.29, 1.82) is 0 Å². The molecule has 1 amide bonds. The lowest BCUT2D eigenvalue weighted by Gasteiger charge is -2.18. The summed E-state index contributed by atoms with van der Waals surface area (Å²) in [5.74, 6) is 0.0949. The first-order chi connectivity index (χ1) is 10.5. The number of benzene rings is 2. The van der Waals surface area contributed by atoms with Gasteiger partial charge in [-0.25, -0.2) is 0 Å². The molecule has 1 unspecified atom stereocenters. The summed E-state index contributed by atoms with van der Waals surface area (Å²) < 4.78 is 11.4. The average Bonchev–Trinajstić information content (AvgIpc) is 2.50. The third-order valence-electron chi connectivity index (χ3n) is 3.70. The summed E-state index contributed by atoms with van der Waals surface area (Å²) in [6, 6.07) is 15.5. The molecule has 0 N–H and O–H groups in total. The van der Waals surface area contributed by atoms with E-state index in [4.69, 9.17) is 0 Å². The van der Waals surface area contributed by atoms with Crippen molar-refractivity contribution in [3.8, 4) is 0 Å². The monoisotopic (exact) mass is 315 g/mol. The molecule has 4 heteroatoms. The van der Waals surface area contributed by atoms with E-state index in [2.05, 4.69) is 0 Å². The summed E-state index contributed by atoms with van der Waals surface area (Å²) in [7, 11) is 0.844. The number of carbonyl (C=O) groups is 1. The number of carbonyl (C=O) groups excluding carboxylic acids is 1. The van der Waals surface area contributed by atoms with Gasteiger partial charge >= 0.3 is 0 Å². The van der Waals surface area contributed by atoms with Gasteiger partial charge in [-0.2, -0.15) is 0 Å². The van der Waals surface area contributed by atoms with E-state index >= 15 is 0 Å². The van der Waals surface area contributed by atoms with Crippen LogP contribution in [-0.2, 0) is 28.6 Å². The number of aryl methyl sites for hydroxylation is 1. The SMILES string of the molecule is Cc1ccccc1CC(=O)N(C)Cc1ccc(S(C)=O)cc1. The molecule has 2 aromatic carbocycles. The Labute approximate surface area is 134 Å². The second-order valence-electron chi connectivity index (χ2n) is 5.45. The van der Waals surface area contributed by atoms with Crippen LogP contribution in [-0.4, -0.2) is 28.3 Å². The molecule has 0 radical (unpaired) electrons. The molecule has 0 aliphatic carbocycles. The van der Waals surface area contributed by atoms with Crippen molar-refractivity contribution in [2.45, 2.75) is 24.8 Å². The van der Waals surface area contributed by atoms with Gasteiger partial charge in [0.1, 0.15) is 0 Å². The zero-order valence-corrected chi connectivity index (χ0v) is 14.0. The van der Waals surface area contributed by atoms with Gasteiger partial charge in [-0.3, -0.25) is 9.00 Å². The quantitative estimate of drug-likeness (QED) is 0.851. The van der Waals surface area contributed by atoms with Crippen molar-refractivity contribution in [2.24, 2.45) is 0 Å². The van der Waals surface area contributed by atoms with Crippen LogP contribution in [0.1, 0.15) is 16.7 Å². The second-order valence-corrected chi connectivity index (χ2v) is 6.83. The topological polar surface area (TPSA) is 37.4 Å². The van der Waals surface area contributed by atoms with Gasteiger partial charge in [0.15, 0.2) is 0 Å². The van der Waals surface area contributed by atoms with Crippen LogP contribution in [0, 0.1) is 6.92 Å². The van der Waals surface area contributed by atoms with Gasteiger partial charge < -0.3 is 4.90 Å². The maximum atomic E-state index is 12.3. The van der Waals surface area contributed by atoms with Gasteiger partial charge in [-0.15, -0.1) is 0 Å². The lowest BCUT2D eigenvalue weighted by atomic mass is 10.1. The van der Waals surface area contributed by atoms with Crippen molar-refractivity contribution in [3.05, 3.63) is 65.2 Å². The van der Waals surface area contributed by atoms with E-state index in [1.807, 2.05) is 62.5 Å². The van der Waals surface area contributed by atoms with Crippen LogP contribution in [0.3, 0.4) is 0 Å². The Morgan fingerprint density at radius 3 is 2.32 bits per heavy atom. The summed E-state index contributed by atoms with van der Waals surface area (Å²) in [5.41, 5.74) is 3.24. The molecule has 2 aromatic rings. The molecule has 22 heavy (non-hydrogen) atoms. The molecule has 0 bridgehead atoms. The van der Waals surface area contributed by atoms with E-state index in [1.165, 1.54) is 0 Å². The lowest BCUT2D eigenvalue weighted by Crippen LogP contribution is -2.27. The van der Waals surface area contributed by atoms with Crippen molar-refractivity contribution in [1.82, 2.24) is 4.90 Å². The summed E-state index contributed by atoms with van der Waals surface area (Å²) in [4.78, 5) is 14.9. The first-order valence-electron chi connectivity index (χ1n) is 7.18. The van der Waals surface area contributed by atoms with E-state index in [1.54, 1.807) is 11.2 Å². The normalized spacial score (nSPS) is 12.0. The Hall–Kier alpha value is -1.94. The fraction of sp³-hybridized carbons (Fsp3) is 0.278. The van der Waals surface area contributed by atoms with Crippen LogP contribution < -0.4 is 0 Å². The number of nitrogens with zero attached hydrogens (tertiary/aromatic N) is 1. The molecule has 0 aromatic heterocycles. The largest absolute Gasteiger partial charge is 0.341 e. The van der Waals surface area contributed by atoms with Crippen LogP contribution in [0.15, 0.2) is 53.4 Å². The van der Waals surface area contributed by atoms with Crippen molar-refractivity contribution >= 4 is 16.7 Å². The van der Waals surface area contributed by atoms with Crippen LogP contribution in [0.5, 0.6) is 0 Å². The Morgan fingerprint density at radius 1 is 1.09 bits per heavy atom. The summed E-state index contributed by atoms with van der Waals surface area (Å²) in [6.45, 7) is 2.58. The molecule has 2 rings (SSSR count). The van der Waals surface area contributed by atoms with Gasteiger partial charge in [-0.05, 0) is 35.7 Å². The molecule has 0 fully saturated rings. The number of hydrogen-bond donors (Lipinski definition) is 0. The molecule has 0 aliphatic heterocycles. The highest BCUT2D eigenvalue weighted by Gasteiger charge is 2.11. The maximum absolute atomic E-state index is 12.3. The zero-order valence-electron chi connectivity index (χ0n) is 13.2. The van der Waals surface area contributed by atoms with Crippen LogP contribution in [0.4, 0.5) is 0 Å². The second kappa shape index (κ2) is 7.36. The lowest BCUT2D eigenvalue weighted by molar-refractivity contribution is -0.129. The molecule has 0 saturated heterocycles. The maximum Gasteiger partial charge on any atom is 0.227 e. The average molecular weight is 315 g/mol. The highest BCUT2D eigenvalue weighted by molar-refractivity contribution is 7.84. The molecule has 0 spiro atoms. The molecule has 1 atom stereocenters. The molecule has 0 heterocycles. The van der Waals surface area contributed by atoms with Crippen molar-refractivity contribution in [2.75, 3.05) is 13.3 Å². The minimum atomic E-state index is -0.968. The number of rotatable bonds is 5. The molecule has 0 aliphatic rings. The number of likely N-dealkylation sites (N-methyl/N-ethyl adjacent to an activating group) is 1. The first-order valence-corrected chi connectivity index (χ1v) is 8.74. The molecular weight excluding hydrogens is 294 g/mol. The van der Waals surface area contributed by atoms with Crippen LogP contribution in [0.2, 0.25) is 0 Å². The zero-order chi connectivity index (χ0) is 16.1. The van der Waals surface area contributed by atoms with E-state index in [-0.39, 0.29) is 5.91 Å². The Bertz CT molecular complexity index is 680. The predicted octanol–water partition coefficient (Wildman–Crippen LogP) is 2.93. The van der Waals surface area contributed by atoms with Crippen LogP contribution in [0.25, 0.3) is 0 Å². The fourth-order valence-corrected chi connectivity index (χ4v) is 2.77. The van der Waals surface area contributed by atoms with E-state index in [0.717, 1.165) is 21.6 Å². The van der Waals surface area contributed by atoms with Gasteiger partial charge in [0.05, 0.1) is 6.42 Å². The van der Waals surface area contributed by atoms with E-state index in [9.17, 15) is 9.00 Å². The minimum Gasteiger partial charge on any atom is -0.341 e. The third-order valence-corrected chi connectivity index (χ3v) is 4.64. The first kappa shape index (κ1) is 16.4. The number of amides is 1. The van der Waals surface area contributed by atoms with E-state index < -0.39 is 10.8 Å². The fourth-order valence-electron chi connectivity index (χ4n) is 2.25. The molecular formula is C18H21NO2S. The Balaban J connectivity index is 1.99. The Kier molecular flexibility index (Phi) is 5.50. The van der Waals surface area contributed by atoms with Gasteiger partial charge in [0.2, 0.25) is 5.91 Å². The van der Waals surface area contributed by atoms with Gasteiger partial charge in [0, 0.05) is 35.5 Å². The summed E-state index contributed by atoms with van der Waals surface area (Å²) in [5, 5.41) is 0. The van der Waals surface area contributed by atoms with Crippen molar-refractivity contribution < 1.29 is 9.00 Å². The highest BCUT2D eigenvalue weighted by atomic mass is 32.2. The van der Waals surface area contributed by atoms with Gasteiger partial charge in [-0.1, -0.05) is 36.4 Å². The van der Waals surface area contributed by atoms with Gasteiger partial charge in [0.25, 0.3) is 0 Å². The highest BCUT2D eigenvalue weighted by Crippen LogP contribution is 2.12. The van der Waals surface area contributed by atoms with E-state index in [0.29, 0.717) is 13.0 Å². The predicted molar refractivity (Wildman–Crippen MR) is 90.1 cm³/mol.